The number of hydrogen-bond donors (Lipinski definition) is 1. The summed E-state index contributed by atoms with van der Waals surface area (Å²) in [5.74, 6) is 0.969. The Balaban J connectivity index is 1.44. The molecule has 1 N–H and O–H groups in total. The Morgan fingerprint density at radius 1 is 1.21 bits per heavy atom. The minimum absolute atomic E-state index is 0.0726. The summed E-state index contributed by atoms with van der Waals surface area (Å²) in [6.07, 6.45) is 6.41. The molecule has 1 amide bonds. The molecule has 0 spiro atoms. The second-order valence-corrected chi connectivity index (χ2v) is 7.26. The third-order valence-corrected chi connectivity index (χ3v) is 5.80. The van der Waals surface area contributed by atoms with Crippen molar-refractivity contribution in [3.63, 3.8) is 0 Å². The number of carbonyl (C=O) groups is 1. The Bertz CT molecular complexity index is 734. The molecule has 2 aliphatic rings. The normalized spacial score (nSPS) is 24.7. The summed E-state index contributed by atoms with van der Waals surface area (Å²) in [5, 5.41) is 4.17. The molecule has 1 unspecified atom stereocenters. The van der Waals surface area contributed by atoms with Crippen LogP contribution in [0.15, 0.2) is 28.7 Å². The van der Waals surface area contributed by atoms with Crippen LogP contribution in [0.1, 0.15) is 48.2 Å². The van der Waals surface area contributed by atoms with Crippen molar-refractivity contribution in [2.45, 2.75) is 45.1 Å². The molecule has 2 aromatic rings. The Labute approximate surface area is 143 Å². The lowest BCUT2D eigenvalue weighted by Gasteiger charge is -2.44. The average molecular weight is 326 g/mol. The van der Waals surface area contributed by atoms with Gasteiger partial charge in [0.05, 0.1) is 0 Å². The molecule has 24 heavy (non-hydrogen) atoms. The van der Waals surface area contributed by atoms with Gasteiger partial charge in [0.1, 0.15) is 5.58 Å². The molecule has 4 nitrogen and oxygen atoms in total. The Kier molecular flexibility index (Phi) is 4.31. The van der Waals surface area contributed by atoms with Crippen molar-refractivity contribution in [3.8, 4) is 0 Å². The third kappa shape index (κ3) is 2.84. The Hall–Kier alpha value is -1.81. The number of benzene rings is 1. The van der Waals surface area contributed by atoms with Crippen LogP contribution in [-0.2, 0) is 0 Å². The number of rotatable bonds is 3. The fraction of sp³-hybridized carbons (Fsp3) is 0.550. The van der Waals surface area contributed by atoms with Gasteiger partial charge in [0.15, 0.2) is 5.76 Å². The van der Waals surface area contributed by atoms with E-state index in [1.54, 1.807) is 0 Å². The molecule has 1 aromatic carbocycles. The molecule has 128 valence electrons. The second-order valence-electron chi connectivity index (χ2n) is 7.26. The van der Waals surface area contributed by atoms with E-state index >= 15 is 0 Å². The summed E-state index contributed by atoms with van der Waals surface area (Å²) in [5.41, 5.74) is 1.72. The van der Waals surface area contributed by atoms with Crippen molar-refractivity contribution in [1.82, 2.24) is 10.2 Å². The topological polar surface area (TPSA) is 45.5 Å². The number of fused-ring (bicyclic) bond motifs is 2. The van der Waals surface area contributed by atoms with Crippen molar-refractivity contribution >= 4 is 16.9 Å². The first kappa shape index (κ1) is 15.7. The molecule has 2 saturated heterocycles. The number of amides is 1. The predicted molar refractivity (Wildman–Crippen MR) is 95.2 cm³/mol. The van der Waals surface area contributed by atoms with E-state index in [1.165, 1.54) is 45.2 Å². The van der Waals surface area contributed by atoms with E-state index in [0.29, 0.717) is 17.7 Å². The van der Waals surface area contributed by atoms with E-state index < -0.39 is 0 Å². The predicted octanol–water partition coefficient (Wildman–Crippen LogP) is 3.74. The highest BCUT2D eigenvalue weighted by molar-refractivity contribution is 5.98. The van der Waals surface area contributed by atoms with Crippen molar-refractivity contribution in [3.05, 3.63) is 35.6 Å². The van der Waals surface area contributed by atoms with Crippen molar-refractivity contribution in [2.75, 3.05) is 19.6 Å². The van der Waals surface area contributed by atoms with E-state index in [9.17, 15) is 4.79 Å². The van der Waals surface area contributed by atoms with Crippen LogP contribution in [0, 0.1) is 12.8 Å². The van der Waals surface area contributed by atoms with Gasteiger partial charge in [-0.25, -0.2) is 0 Å². The van der Waals surface area contributed by atoms with Crippen LogP contribution in [0.4, 0.5) is 0 Å². The molecular weight excluding hydrogens is 300 g/mol. The summed E-state index contributed by atoms with van der Waals surface area (Å²) < 4.78 is 5.78. The maximum Gasteiger partial charge on any atom is 0.287 e. The summed E-state index contributed by atoms with van der Waals surface area (Å²) in [6, 6.07) is 8.50. The first-order valence-electron chi connectivity index (χ1n) is 9.24. The first-order valence-corrected chi connectivity index (χ1v) is 9.24. The maximum atomic E-state index is 12.6. The molecule has 2 fully saturated rings. The van der Waals surface area contributed by atoms with E-state index in [-0.39, 0.29) is 5.91 Å². The molecule has 1 aromatic heterocycles. The quantitative estimate of drug-likeness (QED) is 0.934. The van der Waals surface area contributed by atoms with Crippen LogP contribution in [0.3, 0.4) is 0 Å². The SMILES string of the molecule is Cc1c(C(=O)NC[C@@H]2CCCN3CCCCC23)oc2ccccc12. The van der Waals surface area contributed by atoms with Crippen LogP contribution in [0.2, 0.25) is 0 Å². The molecule has 2 aliphatic heterocycles. The Morgan fingerprint density at radius 2 is 2.04 bits per heavy atom. The highest BCUT2D eigenvalue weighted by atomic mass is 16.3. The van der Waals surface area contributed by atoms with Gasteiger partial charge < -0.3 is 14.6 Å². The van der Waals surface area contributed by atoms with Gasteiger partial charge in [-0.2, -0.15) is 0 Å². The van der Waals surface area contributed by atoms with E-state index in [4.69, 9.17) is 4.42 Å². The van der Waals surface area contributed by atoms with Crippen LogP contribution >= 0.6 is 0 Å². The molecule has 0 bridgehead atoms. The zero-order valence-electron chi connectivity index (χ0n) is 14.4. The molecule has 0 aliphatic carbocycles. The summed E-state index contributed by atoms with van der Waals surface area (Å²) >= 11 is 0. The highest BCUT2D eigenvalue weighted by Crippen LogP contribution is 2.30. The monoisotopic (exact) mass is 326 g/mol. The second kappa shape index (κ2) is 6.60. The van der Waals surface area contributed by atoms with Gasteiger partial charge in [0.2, 0.25) is 0 Å². The van der Waals surface area contributed by atoms with Gasteiger partial charge in [-0.05, 0) is 57.7 Å². The number of para-hydroxylation sites is 1. The van der Waals surface area contributed by atoms with E-state index in [0.717, 1.165) is 23.1 Å². The fourth-order valence-corrected chi connectivity index (χ4v) is 4.51. The zero-order valence-corrected chi connectivity index (χ0v) is 14.4. The minimum Gasteiger partial charge on any atom is -0.451 e. The first-order chi connectivity index (χ1) is 11.7. The smallest absolute Gasteiger partial charge is 0.287 e. The summed E-state index contributed by atoms with van der Waals surface area (Å²) in [7, 11) is 0. The average Bonchev–Trinajstić information content (AvgIpc) is 2.97. The minimum atomic E-state index is -0.0726. The molecule has 3 heterocycles. The molecule has 0 radical (unpaired) electrons. The van der Waals surface area contributed by atoms with Crippen molar-refractivity contribution in [2.24, 2.45) is 5.92 Å². The molecule has 0 saturated carbocycles. The van der Waals surface area contributed by atoms with Crippen molar-refractivity contribution < 1.29 is 9.21 Å². The van der Waals surface area contributed by atoms with Gasteiger partial charge in [0.25, 0.3) is 5.91 Å². The molecule has 2 atom stereocenters. The third-order valence-electron chi connectivity index (χ3n) is 5.80. The largest absolute Gasteiger partial charge is 0.451 e. The standard InChI is InChI=1S/C20H26N2O2/c1-14-16-8-2-3-10-18(16)24-19(14)20(23)21-13-15-7-6-12-22-11-5-4-9-17(15)22/h2-3,8,10,15,17H,4-7,9,11-13H2,1H3,(H,21,23)/t15-,17?/m0/s1. The van der Waals surface area contributed by atoms with Crippen LogP contribution in [0.25, 0.3) is 11.0 Å². The van der Waals surface area contributed by atoms with Crippen LogP contribution < -0.4 is 5.32 Å². The van der Waals surface area contributed by atoms with Gasteiger partial charge >= 0.3 is 0 Å². The number of aryl methyl sites for hydroxylation is 1. The maximum absolute atomic E-state index is 12.6. The molecule has 4 heteroatoms. The molecule has 4 rings (SSSR count). The van der Waals surface area contributed by atoms with Gasteiger partial charge in [0, 0.05) is 23.5 Å². The fourth-order valence-electron chi connectivity index (χ4n) is 4.51. The van der Waals surface area contributed by atoms with Crippen LogP contribution in [0.5, 0.6) is 0 Å². The Morgan fingerprint density at radius 3 is 2.92 bits per heavy atom. The highest BCUT2D eigenvalue weighted by Gasteiger charge is 2.33. The number of nitrogens with zero attached hydrogens (tertiary/aromatic N) is 1. The summed E-state index contributed by atoms with van der Waals surface area (Å²) in [4.78, 5) is 15.3. The van der Waals surface area contributed by atoms with Crippen LogP contribution in [-0.4, -0.2) is 36.5 Å². The lowest BCUT2D eigenvalue weighted by molar-refractivity contribution is 0.0572. The van der Waals surface area contributed by atoms with E-state index in [1.807, 2.05) is 31.2 Å². The van der Waals surface area contributed by atoms with E-state index in [2.05, 4.69) is 10.2 Å². The number of hydrogen-bond acceptors (Lipinski definition) is 3. The number of furan rings is 1. The molecular formula is C20H26N2O2. The number of carbonyl (C=O) groups excluding carboxylic acids is 1. The summed E-state index contributed by atoms with van der Waals surface area (Å²) in [6.45, 7) is 5.19. The van der Waals surface area contributed by atoms with Gasteiger partial charge in [-0.1, -0.05) is 24.6 Å². The van der Waals surface area contributed by atoms with Gasteiger partial charge in [-0.3, -0.25) is 4.79 Å². The number of piperidine rings is 2. The lowest BCUT2D eigenvalue weighted by atomic mass is 9.83. The zero-order chi connectivity index (χ0) is 16.5. The van der Waals surface area contributed by atoms with Crippen molar-refractivity contribution in [1.29, 1.82) is 0 Å². The number of nitrogens with one attached hydrogen (secondary N) is 1. The lowest BCUT2D eigenvalue weighted by Crippen LogP contribution is -2.51. The van der Waals surface area contributed by atoms with Gasteiger partial charge in [-0.15, -0.1) is 0 Å².